The van der Waals surface area contributed by atoms with Crippen LogP contribution < -0.4 is 0 Å². The van der Waals surface area contributed by atoms with Gasteiger partial charge in [-0.25, -0.2) is 19.8 Å². The number of nitrogens with zero attached hydrogens (tertiary/aromatic N) is 8. The van der Waals surface area contributed by atoms with Gasteiger partial charge < -0.3 is 13.6 Å². The van der Waals surface area contributed by atoms with Crippen LogP contribution in [-0.2, 0) is 14.1 Å². The van der Waals surface area contributed by atoms with Crippen molar-refractivity contribution in [3.05, 3.63) is 168 Å². The summed E-state index contributed by atoms with van der Waals surface area (Å²) in [6.45, 7) is 20.2. The minimum absolute atomic E-state index is 0.0120. The molecule has 0 saturated carbocycles. The number of Topliss-reactive ketones (excluding diaryl/α,β-unsaturated/α-hetero) is 1. The molecule has 6 heterocycles. The van der Waals surface area contributed by atoms with Crippen LogP contribution in [0.4, 0.5) is 5.69 Å². The van der Waals surface area contributed by atoms with Crippen molar-refractivity contribution >= 4 is 55.7 Å². The molecule has 0 aliphatic carbocycles. The molecule has 0 aliphatic rings. The summed E-state index contributed by atoms with van der Waals surface area (Å²) < 4.78 is 9.06. The fraction of sp³-hybridized carbons (Fsp3) is 0.196. The Bertz CT molecular complexity index is 2700. The van der Waals surface area contributed by atoms with Crippen molar-refractivity contribution in [1.82, 2.24) is 34.1 Å². The zero-order chi connectivity index (χ0) is 40.6. The van der Waals surface area contributed by atoms with Crippen molar-refractivity contribution < 1.29 is 9.21 Å². The molecule has 3 aromatic carbocycles. The molecule has 56 heavy (non-hydrogen) atoms. The van der Waals surface area contributed by atoms with E-state index in [4.69, 9.17) is 11.0 Å². The van der Waals surface area contributed by atoms with Crippen LogP contribution in [0.3, 0.4) is 0 Å². The van der Waals surface area contributed by atoms with Crippen LogP contribution in [0.2, 0.25) is 0 Å². The molecule has 0 saturated heterocycles. The summed E-state index contributed by atoms with van der Waals surface area (Å²) in [6, 6.07) is 31.4. The molecule has 6 aromatic heterocycles. The Labute approximate surface area is 328 Å². The predicted molar refractivity (Wildman–Crippen MR) is 228 cm³/mol. The maximum atomic E-state index is 11.0. The lowest BCUT2D eigenvalue weighted by molar-refractivity contribution is 0.101. The highest BCUT2D eigenvalue weighted by Crippen LogP contribution is 2.22. The Balaban J connectivity index is 0.000000154. The second kappa shape index (κ2) is 20.5. The van der Waals surface area contributed by atoms with Crippen molar-refractivity contribution in [2.75, 3.05) is 0 Å². The molecule has 0 atom stereocenters. The third-order valence-corrected chi connectivity index (χ3v) is 8.30. The molecule has 0 N–H and O–H groups in total. The molecule has 10 heteroatoms. The normalized spacial score (nSPS) is 9.93. The maximum Gasteiger partial charge on any atom is 0.190 e. The Morgan fingerprint density at radius 1 is 0.679 bits per heavy atom. The fourth-order valence-corrected chi connectivity index (χ4v) is 5.44. The molecular weight excluding hydrogens is 697 g/mol. The van der Waals surface area contributed by atoms with E-state index in [1.54, 1.807) is 37.7 Å². The number of para-hydroxylation sites is 3. The number of hydrogen-bond donors (Lipinski definition) is 0. The summed E-state index contributed by atoms with van der Waals surface area (Å²) in [7, 11) is 3.94. The number of pyridine rings is 3. The van der Waals surface area contributed by atoms with Gasteiger partial charge in [0.2, 0.25) is 0 Å². The largest absolute Gasteiger partial charge is 0.463 e. The summed E-state index contributed by atoms with van der Waals surface area (Å²) in [6.07, 6.45) is 8.93. The molecule has 9 rings (SSSR count). The van der Waals surface area contributed by atoms with E-state index in [-0.39, 0.29) is 5.78 Å². The van der Waals surface area contributed by atoms with Crippen LogP contribution in [0, 0.1) is 34.3 Å². The van der Waals surface area contributed by atoms with Crippen LogP contribution in [0.5, 0.6) is 0 Å². The standard InChI is InChI=1S/C10H9NO.C10H9N.C8H9N3.C8H8N2.C8H7NO.C2H6/c1-7-9(8(2)12)5-4-6-10(7)11-3;1-8-6-7-9-4-2-3-5-10(9)11-8;1-6-3-7-8(9-4-6)11(2)5-10-7;1-10-6-9-7-4-2-3-5-8(7)10;1-6-4-8-7(9-5-6)2-3-10-8;1-2/h4-6H,1-2H3;2-7H,1H3;3-5H,1-2H3;2-6H,1H3;2-5H,1H3;1-2H3. The summed E-state index contributed by atoms with van der Waals surface area (Å²) in [5.74, 6) is 0.0120. The summed E-state index contributed by atoms with van der Waals surface area (Å²) in [5, 5.41) is 1.21. The molecule has 10 nitrogen and oxygen atoms in total. The number of ketones is 1. The number of carbonyl (C=O) groups excluding carboxylic acids is 1. The number of aryl methyl sites for hydroxylation is 5. The zero-order valence-electron chi connectivity index (χ0n) is 33.5. The smallest absolute Gasteiger partial charge is 0.190 e. The first-order valence-corrected chi connectivity index (χ1v) is 18.2. The van der Waals surface area contributed by atoms with E-state index in [0.717, 1.165) is 55.7 Å². The quantitative estimate of drug-likeness (QED) is 0.122. The number of carbonyl (C=O) groups is 1. The first-order chi connectivity index (χ1) is 27.0. The Hall–Kier alpha value is -6.99. The van der Waals surface area contributed by atoms with Gasteiger partial charge in [0, 0.05) is 49.2 Å². The highest BCUT2D eigenvalue weighted by molar-refractivity contribution is 5.97. The number of furan rings is 1. The number of fused-ring (bicyclic) bond motifs is 4. The Kier molecular flexibility index (Phi) is 15.3. The van der Waals surface area contributed by atoms with E-state index >= 15 is 0 Å². The molecule has 0 spiro atoms. The minimum Gasteiger partial charge on any atom is -0.463 e. The molecule has 0 bridgehead atoms. The minimum atomic E-state index is 0.0120. The molecule has 284 valence electrons. The number of benzene rings is 3. The van der Waals surface area contributed by atoms with Crippen LogP contribution >= 0.6 is 0 Å². The summed E-state index contributed by atoms with van der Waals surface area (Å²) in [5.41, 5.74) is 12.3. The van der Waals surface area contributed by atoms with E-state index < -0.39 is 0 Å². The Morgan fingerprint density at radius 2 is 1.34 bits per heavy atom. The molecule has 0 radical (unpaired) electrons. The number of aromatic nitrogens is 7. The second-order valence-corrected chi connectivity index (χ2v) is 12.6. The second-order valence-electron chi connectivity index (χ2n) is 12.6. The van der Waals surface area contributed by atoms with Gasteiger partial charge in [0.25, 0.3) is 0 Å². The molecule has 0 fully saturated rings. The van der Waals surface area contributed by atoms with Crippen molar-refractivity contribution in [2.45, 2.75) is 48.5 Å². The molecule has 0 amide bonds. The van der Waals surface area contributed by atoms with Crippen molar-refractivity contribution in [3.8, 4) is 0 Å². The lowest BCUT2D eigenvalue weighted by Gasteiger charge is -2.01. The van der Waals surface area contributed by atoms with Crippen LogP contribution in [0.25, 0.3) is 49.0 Å². The highest BCUT2D eigenvalue weighted by atomic mass is 16.3. The average molecular weight is 745 g/mol. The average Bonchev–Trinajstić information content (AvgIpc) is 3.94. The lowest BCUT2D eigenvalue weighted by atomic mass is 10.0. The van der Waals surface area contributed by atoms with Gasteiger partial charge in [0.1, 0.15) is 11.0 Å². The molecule has 0 aliphatic heterocycles. The summed E-state index contributed by atoms with van der Waals surface area (Å²) in [4.78, 5) is 35.5. The number of imidazole rings is 2. The van der Waals surface area contributed by atoms with Gasteiger partial charge in [0.15, 0.2) is 22.7 Å². The molecular formula is C46H48N8O2. The van der Waals surface area contributed by atoms with Crippen LogP contribution in [0.15, 0.2) is 133 Å². The van der Waals surface area contributed by atoms with Gasteiger partial charge in [-0.2, -0.15) is 0 Å². The van der Waals surface area contributed by atoms with E-state index in [2.05, 4.69) is 48.0 Å². The van der Waals surface area contributed by atoms with Crippen LogP contribution in [0.1, 0.15) is 53.5 Å². The van der Waals surface area contributed by atoms with Crippen molar-refractivity contribution in [3.63, 3.8) is 0 Å². The Morgan fingerprint density at radius 3 is 2.07 bits per heavy atom. The third-order valence-electron chi connectivity index (χ3n) is 8.30. The van der Waals surface area contributed by atoms with Gasteiger partial charge in [-0.05, 0) is 87.7 Å². The highest BCUT2D eigenvalue weighted by Gasteiger charge is 2.06. The van der Waals surface area contributed by atoms with Crippen molar-refractivity contribution in [1.29, 1.82) is 0 Å². The van der Waals surface area contributed by atoms with E-state index in [1.807, 2.05) is 137 Å². The van der Waals surface area contributed by atoms with Gasteiger partial charge in [-0.1, -0.05) is 68.4 Å². The number of hydrogen-bond acceptors (Lipinski definition) is 7. The zero-order valence-corrected chi connectivity index (χ0v) is 33.5. The maximum absolute atomic E-state index is 11.0. The van der Waals surface area contributed by atoms with Crippen molar-refractivity contribution in [2.24, 2.45) is 14.1 Å². The fourth-order valence-electron chi connectivity index (χ4n) is 5.44. The molecule has 0 unspecified atom stereocenters. The predicted octanol–water partition coefficient (Wildman–Crippen LogP) is 11.3. The first kappa shape index (κ1) is 41.8. The van der Waals surface area contributed by atoms with Gasteiger partial charge in [-0.3, -0.25) is 14.8 Å². The van der Waals surface area contributed by atoms with Gasteiger partial charge >= 0.3 is 0 Å². The SMILES string of the molecule is CC.Cc1ccc2ccccc2n1.Cc1cnc2c(c1)ncn2C.Cc1cnc2ccoc2c1.Cn1cnc2ccccc21.[C-]#[N+]c1cccc(C(C)=O)c1C. The van der Waals surface area contributed by atoms with E-state index in [9.17, 15) is 4.79 Å². The number of rotatable bonds is 1. The first-order valence-electron chi connectivity index (χ1n) is 18.2. The monoisotopic (exact) mass is 744 g/mol. The lowest BCUT2D eigenvalue weighted by Crippen LogP contribution is -1.94. The third kappa shape index (κ3) is 11.3. The summed E-state index contributed by atoms with van der Waals surface area (Å²) >= 11 is 0. The van der Waals surface area contributed by atoms with Gasteiger partial charge in [-0.15, -0.1) is 0 Å². The topological polar surface area (TPSA) is 109 Å². The molecule has 9 aromatic rings. The van der Waals surface area contributed by atoms with E-state index in [1.165, 1.54) is 17.8 Å². The van der Waals surface area contributed by atoms with Crippen LogP contribution in [-0.4, -0.2) is 39.8 Å². The van der Waals surface area contributed by atoms with Gasteiger partial charge in [0.05, 0.1) is 42.0 Å². The van der Waals surface area contributed by atoms with E-state index in [0.29, 0.717) is 11.3 Å².